The summed E-state index contributed by atoms with van der Waals surface area (Å²) in [6, 6.07) is 8.53. The number of benzene rings is 1. The Morgan fingerprint density at radius 1 is 1.21 bits per heavy atom. The van der Waals surface area contributed by atoms with Crippen molar-refractivity contribution < 1.29 is 9.36 Å². The van der Waals surface area contributed by atoms with Gasteiger partial charge in [-0.3, -0.25) is 9.65 Å². The van der Waals surface area contributed by atoms with Crippen LogP contribution < -0.4 is 20.6 Å². The number of anilines is 1. The molecule has 7 heteroatoms. The Bertz CT molecular complexity index is 490. The lowest BCUT2D eigenvalue weighted by atomic mass is 9.94. The highest BCUT2D eigenvalue weighted by atomic mass is 31.2. The SMILES string of the molecule is CC1(C)CNP(=O)(NC(=O)Nc2ccccc2)NC1. The van der Waals surface area contributed by atoms with Crippen molar-refractivity contribution in [1.29, 1.82) is 0 Å². The van der Waals surface area contributed by atoms with E-state index in [-0.39, 0.29) is 5.41 Å². The molecule has 0 saturated carbocycles. The Morgan fingerprint density at radius 3 is 2.37 bits per heavy atom. The molecule has 1 saturated heterocycles. The second kappa shape index (κ2) is 5.33. The third-order valence-corrected chi connectivity index (χ3v) is 4.58. The minimum Gasteiger partial charge on any atom is -0.308 e. The van der Waals surface area contributed by atoms with Crippen molar-refractivity contribution in [2.75, 3.05) is 18.4 Å². The van der Waals surface area contributed by atoms with E-state index >= 15 is 0 Å². The quantitative estimate of drug-likeness (QED) is 0.626. The Hall–Kier alpha value is -1.36. The van der Waals surface area contributed by atoms with Crippen molar-refractivity contribution in [3.05, 3.63) is 30.3 Å². The van der Waals surface area contributed by atoms with Crippen molar-refractivity contribution >= 4 is 19.3 Å². The molecule has 2 rings (SSSR count). The van der Waals surface area contributed by atoms with E-state index in [9.17, 15) is 9.36 Å². The molecule has 0 aliphatic carbocycles. The van der Waals surface area contributed by atoms with Gasteiger partial charge in [0.15, 0.2) is 0 Å². The zero-order valence-electron chi connectivity index (χ0n) is 11.1. The second-order valence-corrected chi connectivity index (χ2v) is 7.45. The fourth-order valence-corrected chi connectivity index (χ4v) is 3.58. The molecule has 1 aromatic carbocycles. The van der Waals surface area contributed by atoms with E-state index in [4.69, 9.17) is 0 Å². The molecule has 104 valence electrons. The van der Waals surface area contributed by atoms with Crippen molar-refractivity contribution in [3.8, 4) is 0 Å². The number of rotatable bonds is 2. The summed E-state index contributed by atoms with van der Waals surface area (Å²) in [5.74, 6) is 0. The largest absolute Gasteiger partial charge is 0.326 e. The molecule has 0 aromatic heterocycles. The van der Waals surface area contributed by atoms with Crippen LogP contribution in [0.5, 0.6) is 0 Å². The molecule has 1 aromatic rings. The molecule has 19 heavy (non-hydrogen) atoms. The summed E-state index contributed by atoms with van der Waals surface area (Å²) >= 11 is 0. The molecular weight excluding hydrogens is 263 g/mol. The van der Waals surface area contributed by atoms with E-state index in [1.54, 1.807) is 12.1 Å². The van der Waals surface area contributed by atoms with Crippen LogP contribution in [0.25, 0.3) is 0 Å². The van der Waals surface area contributed by atoms with Crippen LogP contribution in [-0.4, -0.2) is 19.1 Å². The third-order valence-electron chi connectivity index (χ3n) is 2.85. The first-order valence-electron chi connectivity index (χ1n) is 6.13. The van der Waals surface area contributed by atoms with Crippen molar-refractivity contribution in [1.82, 2.24) is 15.3 Å². The maximum absolute atomic E-state index is 12.3. The number of carbonyl (C=O) groups excluding carboxylic acids is 1. The molecule has 1 aliphatic rings. The van der Waals surface area contributed by atoms with Crippen LogP contribution in [0.2, 0.25) is 0 Å². The summed E-state index contributed by atoms with van der Waals surface area (Å²) in [7, 11) is -3.05. The number of carbonyl (C=O) groups is 1. The molecule has 0 radical (unpaired) electrons. The average molecular weight is 282 g/mol. The van der Waals surface area contributed by atoms with Crippen LogP contribution in [-0.2, 0) is 4.57 Å². The molecule has 1 fully saturated rings. The van der Waals surface area contributed by atoms with Gasteiger partial charge in [-0.2, -0.15) is 0 Å². The molecule has 0 unspecified atom stereocenters. The minimum absolute atomic E-state index is 0.0193. The second-order valence-electron chi connectivity index (χ2n) is 5.38. The standard InChI is InChI=1S/C12H19N4O2P/c1-12(2)8-13-19(18,14-9-12)16-11(17)15-10-6-4-3-5-7-10/h3-7H,8-9H2,1-2H3,(H4,13,14,15,16,17,18). The summed E-state index contributed by atoms with van der Waals surface area (Å²) in [4.78, 5) is 11.8. The predicted molar refractivity (Wildman–Crippen MR) is 76.0 cm³/mol. The van der Waals surface area contributed by atoms with Crippen molar-refractivity contribution in [2.45, 2.75) is 13.8 Å². The van der Waals surface area contributed by atoms with Crippen LogP contribution in [0.4, 0.5) is 10.5 Å². The van der Waals surface area contributed by atoms with Gasteiger partial charge in [0.25, 0.3) is 0 Å². The summed E-state index contributed by atoms with van der Waals surface area (Å²) in [6.07, 6.45) is 0. The van der Waals surface area contributed by atoms with Gasteiger partial charge in [0.2, 0.25) is 0 Å². The van der Waals surface area contributed by atoms with Crippen LogP contribution in [0.1, 0.15) is 13.8 Å². The monoisotopic (exact) mass is 282 g/mol. The lowest BCUT2D eigenvalue weighted by Gasteiger charge is -2.35. The first kappa shape index (κ1) is 14.1. The van der Waals surface area contributed by atoms with E-state index in [1.807, 2.05) is 18.2 Å². The zero-order chi connectivity index (χ0) is 13.9. The van der Waals surface area contributed by atoms with Crippen LogP contribution in [0, 0.1) is 5.41 Å². The Labute approximate surface area is 112 Å². The molecule has 4 N–H and O–H groups in total. The highest BCUT2D eigenvalue weighted by Crippen LogP contribution is 2.36. The van der Waals surface area contributed by atoms with Gasteiger partial charge in [-0.05, 0) is 17.5 Å². The maximum atomic E-state index is 12.3. The van der Waals surface area contributed by atoms with Crippen LogP contribution in [0.3, 0.4) is 0 Å². The maximum Gasteiger partial charge on any atom is 0.326 e. The van der Waals surface area contributed by atoms with Gasteiger partial charge < -0.3 is 5.32 Å². The predicted octanol–water partition coefficient (Wildman–Crippen LogP) is 2.14. The highest BCUT2D eigenvalue weighted by Gasteiger charge is 2.34. The smallest absolute Gasteiger partial charge is 0.308 e. The lowest BCUT2D eigenvalue weighted by molar-refractivity contribution is 0.255. The number of para-hydroxylation sites is 1. The Kier molecular flexibility index (Phi) is 3.94. The number of hydrogen-bond donors (Lipinski definition) is 4. The summed E-state index contributed by atoms with van der Waals surface area (Å²) in [6.45, 7) is 5.28. The van der Waals surface area contributed by atoms with Crippen molar-refractivity contribution in [3.63, 3.8) is 0 Å². The van der Waals surface area contributed by atoms with Gasteiger partial charge in [0.05, 0.1) is 0 Å². The first-order valence-corrected chi connectivity index (χ1v) is 7.84. The first-order chi connectivity index (χ1) is 8.89. The topological polar surface area (TPSA) is 82.3 Å². The number of nitrogens with one attached hydrogen (secondary N) is 4. The zero-order valence-corrected chi connectivity index (χ0v) is 12.0. The molecule has 0 bridgehead atoms. The minimum atomic E-state index is -3.05. The van der Waals surface area contributed by atoms with E-state index in [2.05, 4.69) is 34.4 Å². The summed E-state index contributed by atoms with van der Waals surface area (Å²) in [5, 5.41) is 10.8. The fraction of sp³-hybridized carbons (Fsp3) is 0.417. The Morgan fingerprint density at radius 2 is 1.79 bits per heavy atom. The van der Waals surface area contributed by atoms with E-state index < -0.39 is 13.6 Å². The Balaban J connectivity index is 1.91. The molecular formula is C12H19N4O2P. The van der Waals surface area contributed by atoms with Crippen molar-refractivity contribution in [2.24, 2.45) is 5.41 Å². The van der Waals surface area contributed by atoms with E-state index in [0.29, 0.717) is 18.8 Å². The molecule has 2 amide bonds. The highest BCUT2D eigenvalue weighted by molar-refractivity contribution is 7.58. The average Bonchev–Trinajstić information content (AvgIpc) is 2.35. The molecule has 0 spiro atoms. The molecule has 1 heterocycles. The number of amides is 2. The van der Waals surface area contributed by atoms with Gasteiger partial charge in [-0.15, -0.1) is 0 Å². The van der Waals surface area contributed by atoms with Gasteiger partial charge >= 0.3 is 13.6 Å². The third kappa shape index (κ3) is 4.06. The van der Waals surface area contributed by atoms with E-state index in [0.717, 1.165) is 0 Å². The summed E-state index contributed by atoms with van der Waals surface area (Å²) in [5.41, 5.74) is 0.676. The van der Waals surface area contributed by atoms with Gasteiger partial charge in [-0.1, -0.05) is 32.0 Å². The van der Waals surface area contributed by atoms with Crippen LogP contribution in [0.15, 0.2) is 30.3 Å². The van der Waals surface area contributed by atoms with E-state index in [1.165, 1.54) is 0 Å². The summed E-state index contributed by atoms with van der Waals surface area (Å²) < 4.78 is 12.3. The van der Waals surface area contributed by atoms with Gasteiger partial charge in [0, 0.05) is 18.8 Å². The lowest BCUT2D eigenvalue weighted by Crippen LogP contribution is -2.49. The number of hydrogen-bond acceptors (Lipinski definition) is 2. The normalized spacial score (nSPS) is 20.5. The molecule has 0 atom stereocenters. The molecule has 6 nitrogen and oxygen atoms in total. The van der Waals surface area contributed by atoms with Crippen LogP contribution >= 0.6 is 7.59 Å². The van der Waals surface area contributed by atoms with Gasteiger partial charge in [-0.25, -0.2) is 15.0 Å². The fourth-order valence-electron chi connectivity index (χ4n) is 1.67. The molecule has 1 aliphatic heterocycles. The van der Waals surface area contributed by atoms with Gasteiger partial charge in [0.1, 0.15) is 0 Å². The number of urea groups is 1.